The third-order valence-electron chi connectivity index (χ3n) is 21.1. The van der Waals surface area contributed by atoms with E-state index in [1.165, 1.54) is 37.3 Å². The summed E-state index contributed by atoms with van der Waals surface area (Å²) in [6, 6.07) is 9.08. The third-order valence-corrected chi connectivity index (χ3v) is 21.1. The molecule has 110 heavy (non-hydrogen) atoms. The summed E-state index contributed by atoms with van der Waals surface area (Å²) < 4.78 is 167. The molecular weight excluding hydrogens is 1670 g/mol. The average molecular weight is 1770 g/mol. The van der Waals surface area contributed by atoms with Gasteiger partial charge >= 0.3 is 0 Å². The SMILES string of the molecule is CC(=O)O.CC(=O)O.CC1O[C@@H]2CC(=O)CC[C@]2(C(C)Cc2cc(F)c(O)cc2F)O1.CI.COC(C)OC.Cc1cc(F)c(CC(C)[C@]2(O)CCC3(C=C2O)OCCO3)cc1F.Cc1cc(F)c(CC(C)[C@]23CCC(=O)C[C@H]2OC(C)O3)cc1F.Cc1cc(F)c(CC(C)[C@]23CCC(=O)C[C@H]2OC(C)O3)cc1F.[Pd]. The summed E-state index contributed by atoms with van der Waals surface area (Å²) in [6.45, 7) is 22.4. The maximum Gasteiger partial charge on any atom is 0.300 e. The first-order chi connectivity index (χ1) is 51.0. The van der Waals surface area contributed by atoms with Gasteiger partial charge in [-0.15, -0.1) is 0 Å². The van der Waals surface area contributed by atoms with Crippen molar-refractivity contribution in [3.05, 3.63) is 146 Å². The van der Waals surface area contributed by atoms with Crippen molar-refractivity contribution in [1.29, 1.82) is 0 Å². The minimum Gasteiger partial charge on any atom is -0.509 e. The number of carboxylic acids is 2. The minimum absolute atomic E-state index is 0. The summed E-state index contributed by atoms with van der Waals surface area (Å²) >= 11 is 2.15. The van der Waals surface area contributed by atoms with Crippen LogP contribution >= 0.6 is 22.6 Å². The minimum atomic E-state index is -1.52. The number of phenolic OH excluding ortho intramolecular Hbond substituents is 1. The summed E-state index contributed by atoms with van der Waals surface area (Å²) in [5.74, 6) is -8.05. The second-order valence-electron chi connectivity index (χ2n) is 29.0. The number of ether oxygens (including phenoxy) is 10. The van der Waals surface area contributed by atoms with Crippen LogP contribution in [0.2, 0.25) is 0 Å². The maximum atomic E-state index is 14.1. The molecule has 620 valence electrons. The van der Waals surface area contributed by atoms with E-state index in [1.54, 1.807) is 41.9 Å². The number of aromatic hydroxyl groups is 1. The molecule has 0 amide bonds. The Balaban J connectivity index is 0.000000289. The van der Waals surface area contributed by atoms with Gasteiger partial charge < -0.3 is 72.9 Å². The number of Topliss-reactive ketones (excluding diaryl/α,β-unsaturated/α-hetero) is 3. The van der Waals surface area contributed by atoms with Crippen LogP contribution in [0.3, 0.4) is 0 Å². The van der Waals surface area contributed by atoms with E-state index < -0.39 is 105 Å². The second kappa shape index (κ2) is 42.8. The Morgan fingerprint density at radius 2 is 0.764 bits per heavy atom. The predicted octanol–water partition coefficient (Wildman–Crippen LogP) is 15.5. The van der Waals surface area contributed by atoms with Crippen LogP contribution in [0.5, 0.6) is 5.75 Å². The zero-order valence-corrected chi connectivity index (χ0v) is 68.9. The zero-order valence-electron chi connectivity index (χ0n) is 65.1. The van der Waals surface area contributed by atoms with Crippen molar-refractivity contribution < 1.29 is 152 Å². The van der Waals surface area contributed by atoms with Gasteiger partial charge in [0.1, 0.15) is 86.2 Å². The van der Waals surface area contributed by atoms with E-state index in [4.69, 9.17) is 57.7 Å². The Morgan fingerprint density at radius 3 is 1.05 bits per heavy atom. The van der Waals surface area contributed by atoms with Crippen LogP contribution in [0.25, 0.3) is 0 Å². The van der Waals surface area contributed by atoms with E-state index in [0.29, 0.717) is 113 Å². The zero-order chi connectivity index (χ0) is 82.0. The van der Waals surface area contributed by atoms with Gasteiger partial charge in [-0.2, -0.15) is 0 Å². The largest absolute Gasteiger partial charge is 0.509 e. The first-order valence-electron chi connectivity index (χ1n) is 36.3. The van der Waals surface area contributed by atoms with Crippen LogP contribution in [-0.2, 0) is 117 Å². The molecule has 12 rings (SSSR count). The molecule has 0 bridgehead atoms. The molecule has 0 radical (unpaired) electrons. The van der Waals surface area contributed by atoms with Gasteiger partial charge in [-0.3, -0.25) is 24.0 Å². The molecule has 1 spiro atoms. The molecule has 20 nitrogen and oxygen atoms in total. The van der Waals surface area contributed by atoms with Crippen LogP contribution < -0.4 is 0 Å². The molecule has 7 fully saturated rings. The normalized spacial score (nSPS) is 27.0. The smallest absolute Gasteiger partial charge is 0.300 e. The summed E-state index contributed by atoms with van der Waals surface area (Å²) in [4.78, 5) is 55.1. The molecule has 4 saturated heterocycles. The van der Waals surface area contributed by atoms with E-state index >= 15 is 0 Å². The van der Waals surface area contributed by atoms with Crippen molar-refractivity contribution in [2.75, 3.05) is 32.4 Å². The Kier molecular flexibility index (Phi) is 37.7. The summed E-state index contributed by atoms with van der Waals surface area (Å²) in [5, 5.41) is 45.3. The van der Waals surface area contributed by atoms with Gasteiger partial charge in [0.25, 0.3) is 11.9 Å². The Morgan fingerprint density at radius 1 is 0.482 bits per heavy atom. The number of hydrogen-bond acceptors (Lipinski definition) is 18. The van der Waals surface area contributed by atoms with Gasteiger partial charge in [-0.25, -0.2) is 35.1 Å². The van der Waals surface area contributed by atoms with Crippen LogP contribution in [0.15, 0.2) is 60.4 Å². The van der Waals surface area contributed by atoms with Gasteiger partial charge in [0, 0.05) is 106 Å². The number of halogens is 9. The Bertz CT molecular complexity index is 3510. The number of phenols is 1. The monoisotopic (exact) mass is 1770 g/mol. The molecule has 30 heteroatoms. The number of alkyl halides is 1. The number of methoxy groups -OCH3 is 2. The predicted molar refractivity (Wildman–Crippen MR) is 393 cm³/mol. The van der Waals surface area contributed by atoms with Crippen LogP contribution in [-0.4, -0.2) is 159 Å². The van der Waals surface area contributed by atoms with Crippen molar-refractivity contribution in [2.45, 2.75) is 258 Å². The second-order valence-corrected chi connectivity index (χ2v) is 29.0. The summed E-state index contributed by atoms with van der Waals surface area (Å²) in [6.07, 6.45) is 4.76. The molecule has 5 N–H and O–H groups in total. The Hall–Kier alpha value is -5.44. The van der Waals surface area contributed by atoms with Gasteiger partial charge in [0.2, 0.25) is 0 Å². The van der Waals surface area contributed by atoms with Gasteiger partial charge in [0.15, 0.2) is 42.5 Å². The number of aryl methyl sites for hydroxylation is 3. The topological polar surface area (TPSA) is 279 Å². The molecule has 4 aromatic carbocycles. The molecule has 0 aromatic heterocycles. The van der Waals surface area contributed by atoms with Crippen molar-refractivity contribution in [2.24, 2.45) is 23.7 Å². The van der Waals surface area contributed by atoms with Gasteiger partial charge in [-0.05, 0) is 210 Å². The molecule has 4 aliphatic carbocycles. The summed E-state index contributed by atoms with van der Waals surface area (Å²) in [5.41, 5.74) is -1.49. The number of carboxylic acid groups (broad SMARTS) is 2. The molecule has 3 saturated carbocycles. The molecule has 4 aromatic rings. The number of carbonyl (C=O) groups is 5. The molecule has 7 unspecified atom stereocenters. The van der Waals surface area contributed by atoms with E-state index in [2.05, 4.69) is 32.1 Å². The Labute approximate surface area is 666 Å². The quantitative estimate of drug-likeness (QED) is 0.0258. The fourth-order valence-electron chi connectivity index (χ4n) is 15.0. The van der Waals surface area contributed by atoms with E-state index in [1.807, 2.05) is 46.5 Å². The average Bonchev–Trinajstić information content (AvgIpc) is 1.59. The molecular formula is C80H107F8IO20Pd. The standard InChI is InChI=1S/C18H22F2O4.2C18H22F2O3.C17H20F2O4.C4H10O2.2C2H4O2.CH3I.Pd/c1-11-7-15(20)13(9-14(11)19)8-12(2)18(22)4-3-17(10-16(18)21)23-5-6-24-17;2*1-10-6-16(20)13(8-15(10)19)7-11(2)18-5-4-14(21)9-17(18)22-12(3)23-18;1-9(5-11-6-14(19)15(21)8-13(11)18)17-4-3-12(20)7-16(17)22-10(2)23-17;1-4(5-2)6-3;2*1-2(3)4;1-2;/h7,9-10,12,21-22H,3-6,8H2,1-2H3;2*6,8,11-12,17H,4-5,7,9H2,1-3H3;6,8-10,16,21H,3-5,7H2,1-2H3;4H,1-3H3;2*1H3,(H,3,4);1H3;/t12?,18-;2*11?,12?,17-,18-;9?,10?,16-,17-;;;;;/m1111...../s1. The first-order valence-corrected chi connectivity index (χ1v) is 38.4. The molecule has 14 atom stereocenters. The van der Waals surface area contributed by atoms with E-state index in [-0.39, 0.29) is 134 Å². The fraction of sp³-hybridized carbons (Fsp3) is 0.613. The van der Waals surface area contributed by atoms with Crippen molar-refractivity contribution in [3.63, 3.8) is 0 Å². The number of ketones is 3. The van der Waals surface area contributed by atoms with Crippen LogP contribution in [0.4, 0.5) is 35.1 Å². The number of hydrogen-bond donors (Lipinski definition) is 5. The first kappa shape index (κ1) is 96.9. The van der Waals surface area contributed by atoms with Crippen molar-refractivity contribution in [3.8, 4) is 5.75 Å². The fourth-order valence-corrected chi connectivity index (χ4v) is 15.0. The summed E-state index contributed by atoms with van der Waals surface area (Å²) in [7, 11) is 3.21. The number of aliphatic hydroxyl groups is 2. The van der Waals surface area contributed by atoms with Crippen LogP contribution in [0.1, 0.15) is 179 Å². The van der Waals surface area contributed by atoms with Crippen molar-refractivity contribution in [1.82, 2.24) is 0 Å². The van der Waals surface area contributed by atoms with Gasteiger partial charge in [-0.1, -0.05) is 50.3 Å². The van der Waals surface area contributed by atoms with E-state index in [0.717, 1.165) is 38.1 Å². The number of rotatable bonds is 14. The number of fused-ring (bicyclic) bond motifs is 3. The number of aliphatic carboxylic acids is 2. The molecule has 4 aliphatic heterocycles. The number of benzene rings is 4. The van der Waals surface area contributed by atoms with Crippen LogP contribution in [0, 0.1) is 91.0 Å². The number of carbonyl (C=O) groups excluding carboxylic acids is 3. The van der Waals surface area contributed by atoms with Gasteiger partial charge in [0.05, 0.1) is 31.5 Å². The van der Waals surface area contributed by atoms with E-state index in [9.17, 15) is 64.8 Å². The molecule has 4 heterocycles. The molecule has 8 aliphatic rings. The number of aliphatic hydroxyl groups excluding tert-OH is 1. The third kappa shape index (κ3) is 25.3. The van der Waals surface area contributed by atoms with Crippen molar-refractivity contribution >= 4 is 51.9 Å². The maximum absolute atomic E-state index is 14.1.